The Kier molecular flexibility index (Phi) is 4.69. The van der Waals surface area contributed by atoms with Crippen LogP contribution in [0.4, 0.5) is 0 Å². The van der Waals surface area contributed by atoms with Crippen molar-refractivity contribution in [3.8, 4) is 0 Å². The third-order valence-corrected chi connectivity index (χ3v) is 1.88. The van der Waals surface area contributed by atoms with Gasteiger partial charge in [-0.3, -0.25) is 4.84 Å². The average molecular weight is 189 g/mol. The van der Waals surface area contributed by atoms with Gasteiger partial charge in [-0.1, -0.05) is 48.6 Å². The lowest BCUT2D eigenvalue weighted by atomic mass is 10.1. The molecule has 0 radical (unpaired) electrons. The van der Waals surface area contributed by atoms with Gasteiger partial charge in [0.15, 0.2) is 0 Å². The van der Waals surface area contributed by atoms with E-state index in [9.17, 15) is 0 Å². The van der Waals surface area contributed by atoms with Gasteiger partial charge >= 0.3 is 0 Å². The second-order valence-corrected chi connectivity index (χ2v) is 2.97. The highest BCUT2D eigenvalue weighted by molar-refractivity contribution is 5.49. The Balaban J connectivity index is 2.57. The van der Waals surface area contributed by atoms with Crippen LogP contribution < -0.4 is 5.90 Å². The van der Waals surface area contributed by atoms with Crippen LogP contribution in [0.5, 0.6) is 0 Å². The lowest BCUT2D eigenvalue weighted by molar-refractivity contribution is 0.0893. The Bertz CT molecular complexity index is 292. The highest BCUT2D eigenvalue weighted by Gasteiger charge is 1.98. The summed E-state index contributed by atoms with van der Waals surface area (Å²) in [5.41, 5.74) is 1.14. The van der Waals surface area contributed by atoms with Crippen molar-refractivity contribution in [2.75, 3.05) is 0 Å². The van der Waals surface area contributed by atoms with Gasteiger partial charge in [-0.05, 0) is 12.0 Å². The second-order valence-electron chi connectivity index (χ2n) is 2.97. The summed E-state index contributed by atoms with van der Waals surface area (Å²) in [5.74, 6) is 5.12. The number of hydrogen-bond donors (Lipinski definition) is 1. The summed E-state index contributed by atoms with van der Waals surface area (Å²) in [4.78, 5) is 4.75. The average Bonchev–Trinajstić information content (AvgIpc) is 2.25. The van der Waals surface area contributed by atoms with Gasteiger partial charge in [-0.25, -0.2) is 5.90 Å². The Morgan fingerprint density at radius 2 is 2.07 bits per heavy atom. The molecule has 0 saturated heterocycles. The zero-order chi connectivity index (χ0) is 10.2. The normalized spacial score (nSPS) is 12.9. The monoisotopic (exact) mass is 189 g/mol. The maximum Gasteiger partial charge on any atom is 0.101 e. The first kappa shape index (κ1) is 10.7. The molecule has 0 spiro atoms. The van der Waals surface area contributed by atoms with E-state index in [2.05, 4.69) is 6.58 Å². The number of benzene rings is 1. The van der Waals surface area contributed by atoms with Crippen LogP contribution in [-0.2, 0) is 4.84 Å². The minimum Gasteiger partial charge on any atom is -0.297 e. The Morgan fingerprint density at radius 1 is 1.36 bits per heavy atom. The molecule has 2 nitrogen and oxygen atoms in total. The van der Waals surface area contributed by atoms with Crippen molar-refractivity contribution in [1.29, 1.82) is 0 Å². The van der Waals surface area contributed by atoms with Gasteiger partial charge in [0.25, 0.3) is 0 Å². The molecule has 14 heavy (non-hydrogen) atoms. The fraction of sp³-hybridized carbons (Fsp3) is 0.167. The Labute approximate surface area is 84.6 Å². The molecule has 0 aliphatic rings. The minimum atomic E-state index is -0.0901. The summed E-state index contributed by atoms with van der Waals surface area (Å²) in [6.07, 6.45) is 6.33. The van der Waals surface area contributed by atoms with Crippen molar-refractivity contribution in [3.05, 3.63) is 54.6 Å². The van der Waals surface area contributed by atoms with Crippen LogP contribution in [0.25, 0.3) is 6.08 Å². The van der Waals surface area contributed by atoms with E-state index in [0.717, 1.165) is 12.0 Å². The maximum atomic E-state index is 5.12. The van der Waals surface area contributed by atoms with E-state index in [1.54, 1.807) is 6.08 Å². The predicted octanol–water partition coefficient (Wildman–Crippen LogP) is 2.53. The Morgan fingerprint density at radius 3 is 2.64 bits per heavy atom. The molecule has 0 aromatic heterocycles. The first-order valence-corrected chi connectivity index (χ1v) is 4.56. The molecular weight excluding hydrogens is 174 g/mol. The topological polar surface area (TPSA) is 35.2 Å². The zero-order valence-corrected chi connectivity index (χ0v) is 8.10. The molecule has 0 heterocycles. The van der Waals surface area contributed by atoms with Gasteiger partial charge in [-0.15, -0.1) is 6.58 Å². The lowest BCUT2D eigenvalue weighted by Crippen LogP contribution is -2.13. The van der Waals surface area contributed by atoms with Gasteiger partial charge in [0, 0.05) is 0 Å². The number of hydrogen-bond acceptors (Lipinski definition) is 2. The SMILES string of the molecule is C=CCC(C=Cc1ccccc1)ON. The predicted molar refractivity (Wildman–Crippen MR) is 59.4 cm³/mol. The molecule has 1 atom stereocenters. The molecule has 0 amide bonds. The van der Waals surface area contributed by atoms with Crippen LogP contribution in [0, 0.1) is 0 Å². The smallest absolute Gasteiger partial charge is 0.101 e. The number of rotatable bonds is 5. The van der Waals surface area contributed by atoms with E-state index in [4.69, 9.17) is 10.7 Å². The molecule has 74 valence electrons. The van der Waals surface area contributed by atoms with Crippen LogP contribution >= 0.6 is 0 Å². The van der Waals surface area contributed by atoms with Crippen molar-refractivity contribution >= 4 is 6.08 Å². The molecule has 2 N–H and O–H groups in total. The summed E-state index contributed by atoms with van der Waals surface area (Å²) in [7, 11) is 0. The summed E-state index contributed by atoms with van der Waals surface area (Å²) in [6, 6.07) is 10.0. The molecule has 0 fully saturated rings. The quantitative estimate of drug-likeness (QED) is 0.570. The fourth-order valence-corrected chi connectivity index (χ4v) is 1.13. The summed E-state index contributed by atoms with van der Waals surface area (Å²) < 4.78 is 0. The largest absolute Gasteiger partial charge is 0.297 e. The molecule has 1 aromatic carbocycles. The first-order valence-electron chi connectivity index (χ1n) is 4.56. The second kappa shape index (κ2) is 6.13. The molecule has 0 bridgehead atoms. The van der Waals surface area contributed by atoms with Crippen molar-refractivity contribution in [3.63, 3.8) is 0 Å². The van der Waals surface area contributed by atoms with Gasteiger partial charge in [-0.2, -0.15) is 0 Å². The highest BCUT2D eigenvalue weighted by Crippen LogP contribution is 2.05. The highest BCUT2D eigenvalue weighted by atomic mass is 16.6. The van der Waals surface area contributed by atoms with E-state index < -0.39 is 0 Å². The Hall–Kier alpha value is -1.38. The van der Waals surface area contributed by atoms with E-state index in [1.807, 2.05) is 42.5 Å². The summed E-state index contributed by atoms with van der Waals surface area (Å²) >= 11 is 0. The van der Waals surface area contributed by atoms with Crippen LogP contribution in [-0.4, -0.2) is 6.10 Å². The van der Waals surface area contributed by atoms with E-state index in [-0.39, 0.29) is 6.10 Å². The van der Waals surface area contributed by atoms with Gasteiger partial charge in [0.1, 0.15) is 6.10 Å². The lowest BCUT2D eigenvalue weighted by Gasteiger charge is -2.05. The van der Waals surface area contributed by atoms with Crippen molar-refractivity contribution < 1.29 is 4.84 Å². The molecule has 0 saturated carbocycles. The molecular formula is C12H15NO. The molecule has 1 rings (SSSR count). The third kappa shape index (κ3) is 3.56. The standard InChI is InChI=1S/C12H15NO/c1-2-6-12(14-13)10-9-11-7-4-3-5-8-11/h2-5,7-10,12H,1,6,13H2. The molecule has 1 unspecified atom stereocenters. The zero-order valence-electron chi connectivity index (χ0n) is 8.10. The van der Waals surface area contributed by atoms with E-state index in [1.165, 1.54) is 0 Å². The number of nitrogens with two attached hydrogens (primary N) is 1. The molecule has 2 heteroatoms. The molecule has 1 aromatic rings. The van der Waals surface area contributed by atoms with E-state index >= 15 is 0 Å². The van der Waals surface area contributed by atoms with Crippen molar-refractivity contribution in [2.45, 2.75) is 12.5 Å². The van der Waals surface area contributed by atoms with Crippen LogP contribution in [0.2, 0.25) is 0 Å². The summed E-state index contributed by atoms with van der Waals surface area (Å²) in [5, 5.41) is 0. The van der Waals surface area contributed by atoms with Crippen molar-refractivity contribution in [2.24, 2.45) is 5.90 Å². The van der Waals surface area contributed by atoms with Crippen molar-refractivity contribution in [1.82, 2.24) is 0 Å². The van der Waals surface area contributed by atoms with E-state index in [0.29, 0.717) is 0 Å². The van der Waals surface area contributed by atoms with Crippen LogP contribution in [0.3, 0.4) is 0 Å². The van der Waals surface area contributed by atoms with Gasteiger partial charge in [0.05, 0.1) is 0 Å². The summed E-state index contributed by atoms with van der Waals surface area (Å²) in [6.45, 7) is 3.63. The van der Waals surface area contributed by atoms with Gasteiger partial charge < -0.3 is 0 Å². The fourth-order valence-electron chi connectivity index (χ4n) is 1.13. The molecule has 0 aliphatic heterocycles. The maximum absolute atomic E-state index is 5.12. The molecule has 0 aliphatic carbocycles. The first-order chi connectivity index (χ1) is 6.86. The van der Waals surface area contributed by atoms with Crippen LogP contribution in [0.1, 0.15) is 12.0 Å². The van der Waals surface area contributed by atoms with Crippen LogP contribution in [0.15, 0.2) is 49.1 Å². The van der Waals surface area contributed by atoms with Gasteiger partial charge in [0.2, 0.25) is 0 Å². The minimum absolute atomic E-state index is 0.0901. The third-order valence-electron chi connectivity index (χ3n) is 1.88.